The molecule has 6 heteroatoms. The zero-order valence-electron chi connectivity index (χ0n) is 14.9. The number of H-pyrrole nitrogens is 1. The number of fused-ring (bicyclic) bond motifs is 1. The van der Waals surface area contributed by atoms with Crippen molar-refractivity contribution in [3.8, 4) is 0 Å². The monoisotopic (exact) mass is 334 g/mol. The van der Waals surface area contributed by atoms with Gasteiger partial charge in [0.15, 0.2) is 5.78 Å². The predicted molar refractivity (Wildman–Crippen MR) is 90.3 cm³/mol. The molecular formula is C18H26N2O4. The van der Waals surface area contributed by atoms with Crippen molar-refractivity contribution in [3.05, 3.63) is 22.5 Å². The van der Waals surface area contributed by atoms with Crippen molar-refractivity contribution in [2.75, 3.05) is 0 Å². The number of Topliss-reactive ketones (excluding diaryl/α,β-unsaturated/α-hetero) is 1. The average Bonchev–Trinajstić information content (AvgIpc) is 2.78. The first-order chi connectivity index (χ1) is 11.1. The van der Waals surface area contributed by atoms with E-state index in [1.165, 1.54) is 0 Å². The van der Waals surface area contributed by atoms with Gasteiger partial charge >= 0.3 is 5.97 Å². The van der Waals surface area contributed by atoms with Crippen LogP contribution in [0.25, 0.3) is 0 Å². The highest BCUT2D eigenvalue weighted by atomic mass is 16.4. The van der Waals surface area contributed by atoms with Crippen molar-refractivity contribution in [1.82, 2.24) is 10.3 Å². The van der Waals surface area contributed by atoms with Gasteiger partial charge in [-0.3, -0.25) is 9.59 Å². The Bertz CT molecular complexity index is 687. The number of carbonyl (C=O) groups excluding carboxylic acids is 2. The molecule has 0 bridgehead atoms. The maximum atomic E-state index is 12.6. The van der Waals surface area contributed by atoms with Crippen LogP contribution < -0.4 is 5.32 Å². The number of amides is 1. The molecule has 2 rings (SSSR count). The first-order valence-corrected chi connectivity index (χ1v) is 8.35. The fourth-order valence-electron chi connectivity index (χ4n) is 3.36. The Morgan fingerprint density at radius 1 is 1.33 bits per heavy atom. The van der Waals surface area contributed by atoms with Gasteiger partial charge in [-0.1, -0.05) is 34.1 Å². The number of aliphatic carboxylic acids is 1. The molecule has 0 spiro atoms. The standard InChI is InChI=1S/C18H26N2O4/c1-6-9(2)14(17(23)24)20-16(22)15-10(3)13-11(19-15)7-18(4,5)8-12(13)21/h9,14,19H,6-8H2,1-5H3,(H,20,22)(H,23,24)/t9-,14-/m0/s1. The Balaban J connectivity index is 2.32. The average molecular weight is 334 g/mol. The molecule has 1 aromatic heterocycles. The number of hydrogen-bond donors (Lipinski definition) is 3. The Kier molecular flexibility index (Phi) is 4.87. The minimum Gasteiger partial charge on any atom is -0.480 e. The van der Waals surface area contributed by atoms with Crippen molar-refractivity contribution >= 4 is 17.7 Å². The number of aromatic amines is 1. The van der Waals surface area contributed by atoms with E-state index in [9.17, 15) is 19.5 Å². The highest BCUT2D eigenvalue weighted by molar-refractivity contribution is 6.05. The number of carboxylic acid groups (broad SMARTS) is 1. The predicted octanol–water partition coefficient (Wildman–Crippen LogP) is 2.71. The van der Waals surface area contributed by atoms with Crippen LogP contribution in [0.5, 0.6) is 0 Å². The van der Waals surface area contributed by atoms with Crippen LogP contribution in [0.4, 0.5) is 0 Å². The SMILES string of the molecule is CC[C@H](C)[C@H](NC(=O)c1[nH]c2c(c1C)C(=O)CC(C)(C)C2)C(=O)O. The van der Waals surface area contributed by atoms with E-state index in [-0.39, 0.29) is 17.1 Å². The third-order valence-corrected chi connectivity index (χ3v) is 4.89. The zero-order chi connectivity index (χ0) is 18.2. The first-order valence-electron chi connectivity index (χ1n) is 8.35. The normalized spacial score (nSPS) is 18.6. The van der Waals surface area contributed by atoms with Gasteiger partial charge in [0.05, 0.1) is 0 Å². The Morgan fingerprint density at radius 3 is 2.50 bits per heavy atom. The molecule has 24 heavy (non-hydrogen) atoms. The summed E-state index contributed by atoms with van der Waals surface area (Å²) in [5, 5.41) is 11.9. The summed E-state index contributed by atoms with van der Waals surface area (Å²) in [5.41, 5.74) is 2.12. The van der Waals surface area contributed by atoms with E-state index in [4.69, 9.17) is 0 Å². The van der Waals surface area contributed by atoms with Gasteiger partial charge in [-0.2, -0.15) is 0 Å². The molecule has 0 saturated carbocycles. The summed E-state index contributed by atoms with van der Waals surface area (Å²) in [7, 11) is 0. The van der Waals surface area contributed by atoms with E-state index in [0.29, 0.717) is 36.1 Å². The van der Waals surface area contributed by atoms with Gasteiger partial charge < -0.3 is 15.4 Å². The second-order valence-corrected chi connectivity index (χ2v) is 7.59. The molecule has 2 atom stereocenters. The van der Waals surface area contributed by atoms with Gasteiger partial charge in [0.25, 0.3) is 5.91 Å². The Morgan fingerprint density at radius 2 is 1.96 bits per heavy atom. The second kappa shape index (κ2) is 6.42. The number of carbonyl (C=O) groups is 3. The molecule has 0 fully saturated rings. The molecule has 1 aliphatic rings. The molecule has 1 aromatic rings. The molecular weight excluding hydrogens is 308 g/mol. The molecule has 1 aliphatic carbocycles. The molecule has 0 aromatic carbocycles. The summed E-state index contributed by atoms with van der Waals surface area (Å²) >= 11 is 0. The van der Waals surface area contributed by atoms with E-state index in [0.717, 1.165) is 5.69 Å². The van der Waals surface area contributed by atoms with Crippen LogP contribution in [0.1, 0.15) is 72.6 Å². The fraction of sp³-hybridized carbons (Fsp3) is 0.611. The van der Waals surface area contributed by atoms with Gasteiger partial charge in [-0.15, -0.1) is 0 Å². The minimum absolute atomic E-state index is 0.0331. The molecule has 1 amide bonds. The van der Waals surface area contributed by atoms with Crippen LogP contribution in [0.15, 0.2) is 0 Å². The summed E-state index contributed by atoms with van der Waals surface area (Å²) in [6.45, 7) is 9.45. The minimum atomic E-state index is -1.05. The number of ketones is 1. The molecule has 6 nitrogen and oxygen atoms in total. The van der Waals surface area contributed by atoms with Crippen molar-refractivity contribution in [3.63, 3.8) is 0 Å². The van der Waals surface area contributed by atoms with Gasteiger partial charge in [-0.25, -0.2) is 4.79 Å². The van der Waals surface area contributed by atoms with Crippen LogP contribution in [0.3, 0.4) is 0 Å². The lowest BCUT2D eigenvalue weighted by molar-refractivity contribution is -0.140. The van der Waals surface area contributed by atoms with E-state index >= 15 is 0 Å². The molecule has 0 saturated heterocycles. The molecule has 3 N–H and O–H groups in total. The summed E-state index contributed by atoms with van der Waals surface area (Å²) in [6.07, 6.45) is 1.78. The number of nitrogens with one attached hydrogen (secondary N) is 2. The van der Waals surface area contributed by atoms with Crippen LogP contribution in [0, 0.1) is 18.3 Å². The smallest absolute Gasteiger partial charge is 0.326 e. The highest BCUT2D eigenvalue weighted by Gasteiger charge is 2.36. The molecule has 0 radical (unpaired) electrons. The lowest BCUT2D eigenvalue weighted by atomic mass is 9.75. The summed E-state index contributed by atoms with van der Waals surface area (Å²) in [4.78, 5) is 39.4. The van der Waals surface area contributed by atoms with Crippen LogP contribution >= 0.6 is 0 Å². The highest BCUT2D eigenvalue weighted by Crippen LogP contribution is 2.36. The fourth-order valence-corrected chi connectivity index (χ4v) is 3.36. The molecule has 0 unspecified atom stereocenters. The number of aromatic nitrogens is 1. The van der Waals surface area contributed by atoms with Crippen molar-refractivity contribution < 1.29 is 19.5 Å². The largest absolute Gasteiger partial charge is 0.480 e. The van der Waals surface area contributed by atoms with Crippen molar-refractivity contribution in [1.29, 1.82) is 0 Å². The van der Waals surface area contributed by atoms with Crippen molar-refractivity contribution in [2.24, 2.45) is 11.3 Å². The first kappa shape index (κ1) is 18.2. The maximum absolute atomic E-state index is 12.6. The third-order valence-electron chi connectivity index (χ3n) is 4.89. The van der Waals surface area contributed by atoms with Gasteiger partial charge in [-0.05, 0) is 30.2 Å². The Labute approximate surface area is 142 Å². The van der Waals surface area contributed by atoms with Gasteiger partial charge in [0.2, 0.25) is 0 Å². The van der Waals surface area contributed by atoms with Gasteiger partial charge in [0, 0.05) is 17.7 Å². The lowest BCUT2D eigenvalue weighted by Crippen LogP contribution is -2.45. The van der Waals surface area contributed by atoms with Crippen LogP contribution in [-0.4, -0.2) is 33.8 Å². The third kappa shape index (κ3) is 3.37. The summed E-state index contributed by atoms with van der Waals surface area (Å²) in [6, 6.07) is -0.950. The second-order valence-electron chi connectivity index (χ2n) is 7.59. The molecule has 132 valence electrons. The van der Waals surface area contributed by atoms with E-state index in [1.807, 2.05) is 20.8 Å². The number of hydrogen-bond acceptors (Lipinski definition) is 3. The molecule has 1 heterocycles. The van der Waals surface area contributed by atoms with Gasteiger partial charge in [0.1, 0.15) is 11.7 Å². The summed E-state index contributed by atoms with van der Waals surface area (Å²) in [5.74, 6) is -1.67. The van der Waals surface area contributed by atoms with E-state index in [2.05, 4.69) is 10.3 Å². The number of rotatable bonds is 5. The van der Waals surface area contributed by atoms with E-state index in [1.54, 1.807) is 13.8 Å². The number of carboxylic acids is 1. The molecule has 0 aliphatic heterocycles. The van der Waals surface area contributed by atoms with Crippen LogP contribution in [0.2, 0.25) is 0 Å². The quantitative estimate of drug-likeness (QED) is 0.771. The topological polar surface area (TPSA) is 99.3 Å². The Hall–Kier alpha value is -2.11. The maximum Gasteiger partial charge on any atom is 0.326 e. The zero-order valence-corrected chi connectivity index (χ0v) is 14.9. The summed E-state index contributed by atoms with van der Waals surface area (Å²) < 4.78 is 0. The van der Waals surface area contributed by atoms with E-state index < -0.39 is 17.9 Å². The van der Waals surface area contributed by atoms with Crippen molar-refractivity contribution in [2.45, 2.75) is 59.9 Å². The van der Waals surface area contributed by atoms with Crippen LogP contribution in [-0.2, 0) is 11.2 Å². The lowest BCUT2D eigenvalue weighted by Gasteiger charge is -2.28.